The number of aryl methyl sites for hydroxylation is 1. The Balaban J connectivity index is 2.11. The molecule has 90 valence electrons. The number of nitrogens with two attached hydrogens (primary N) is 1. The lowest BCUT2D eigenvalue weighted by Crippen LogP contribution is -2.42. The third-order valence-electron chi connectivity index (χ3n) is 3.90. The minimum atomic E-state index is 0.668. The molecule has 1 saturated carbocycles. The van der Waals surface area contributed by atoms with E-state index >= 15 is 0 Å². The van der Waals surface area contributed by atoms with Crippen LogP contribution in [0.25, 0.3) is 11.0 Å². The molecule has 0 saturated heterocycles. The number of aromatic amines is 1. The minimum Gasteiger partial charge on any atom is -0.399 e. The molecule has 1 aliphatic rings. The molecule has 0 spiro atoms. The quantitative estimate of drug-likeness (QED) is 0.574. The van der Waals surface area contributed by atoms with Crippen molar-refractivity contribution in [2.75, 3.05) is 5.73 Å². The summed E-state index contributed by atoms with van der Waals surface area (Å²) >= 11 is 0. The number of imidazole rings is 1. The number of H-pyrrole nitrogens is 1. The van der Waals surface area contributed by atoms with Crippen molar-refractivity contribution in [2.45, 2.75) is 45.1 Å². The summed E-state index contributed by atoms with van der Waals surface area (Å²) in [6.07, 6.45) is 6.73. The molecule has 0 radical (unpaired) electrons. The van der Waals surface area contributed by atoms with Gasteiger partial charge in [0.1, 0.15) is 6.04 Å². The molecule has 3 heteroatoms. The number of benzene rings is 1. The molecule has 1 aliphatic carbocycles. The number of nitrogens with zero attached hydrogens (tertiary/aromatic N) is 1. The third-order valence-corrected chi connectivity index (χ3v) is 3.90. The van der Waals surface area contributed by atoms with Crippen LogP contribution in [0.3, 0.4) is 0 Å². The van der Waals surface area contributed by atoms with Crippen LogP contribution in [0.5, 0.6) is 0 Å². The number of rotatable bonds is 1. The average Bonchev–Trinajstić information content (AvgIpc) is 2.65. The van der Waals surface area contributed by atoms with Crippen molar-refractivity contribution in [1.82, 2.24) is 4.98 Å². The van der Waals surface area contributed by atoms with Gasteiger partial charge in [-0.1, -0.05) is 6.42 Å². The maximum atomic E-state index is 5.83. The zero-order valence-electron chi connectivity index (χ0n) is 10.4. The van der Waals surface area contributed by atoms with E-state index < -0.39 is 0 Å². The predicted octanol–water partition coefficient (Wildman–Crippen LogP) is 2.85. The Morgan fingerprint density at radius 2 is 2.00 bits per heavy atom. The van der Waals surface area contributed by atoms with Crippen LogP contribution in [0, 0.1) is 6.92 Å². The Morgan fingerprint density at radius 1 is 1.24 bits per heavy atom. The van der Waals surface area contributed by atoms with Gasteiger partial charge in [-0.3, -0.25) is 0 Å². The van der Waals surface area contributed by atoms with Crippen LogP contribution in [0.15, 0.2) is 18.2 Å². The first-order valence-corrected chi connectivity index (χ1v) is 6.55. The van der Waals surface area contributed by atoms with E-state index in [1.165, 1.54) is 43.4 Å². The molecular weight excluding hydrogens is 210 g/mol. The summed E-state index contributed by atoms with van der Waals surface area (Å²) in [5.74, 6) is 1.25. The van der Waals surface area contributed by atoms with Crippen LogP contribution in [-0.2, 0) is 0 Å². The molecule has 3 N–H and O–H groups in total. The highest BCUT2D eigenvalue weighted by Gasteiger charge is 2.25. The van der Waals surface area contributed by atoms with Gasteiger partial charge in [-0.05, 0) is 37.8 Å². The molecule has 1 heterocycles. The summed E-state index contributed by atoms with van der Waals surface area (Å²) in [6.45, 7) is 2.16. The fraction of sp³-hybridized carbons (Fsp3) is 0.500. The Morgan fingerprint density at radius 3 is 2.76 bits per heavy atom. The average molecular weight is 230 g/mol. The van der Waals surface area contributed by atoms with Crippen molar-refractivity contribution in [3.8, 4) is 0 Å². The zero-order valence-corrected chi connectivity index (χ0v) is 10.4. The smallest absolute Gasteiger partial charge is 0.252 e. The number of hydrogen-bond donors (Lipinski definition) is 2. The van der Waals surface area contributed by atoms with E-state index in [9.17, 15) is 0 Å². The van der Waals surface area contributed by atoms with E-state index in [2.05, 4.69) is 22.5 Å². The highest BCUT2D eigenvalue weighted by atomic mass is 15.1. The van der Waals surface area contributed by atoms with Crippen LogP contribution < -0.4 is 10.3 Å². The van der Waals surface area contributed by atoms with E-state index in [-0.39, 0.29) is 0 Å². The van der Waals surface area contributed by atoms with E-state index in [0.717, 1.165) is 11.2 Å². The van der Waals surface area contributed by atoms with Crippen molar-refractivity contribution in [2.24, 2.45) is 0 Å². The number of nitrogen functional groups attached to an aromatic ring is 1. The minimum absolute atomic E-state index is 0.668. The molecule has 2 aromatic rings. The Hall–Kier alpha value is -1.51. The summed E-state index contributed by atoms with van der Waals surface area (Å²) in [6, 6.07) is 6.83. The molecule has 0 aliphatic heterocycles. The third kappa shape index (κ3) is 1.79. The predicted molar refractivity (Wildman–Crippen MR) is 69.8 cm³/mol. The second-order valence-electron chi connectivity index (χ2n) is 5.15. The second kappa shape index (κ2) is 4.06. The monoisotopic (exact) mass is 230 g/mol. The lowest BCUT2D eigenvalue weighted by molar-refractivity contribution is -0.706. The van der Waals surface area contributed by atoms with Gasteiger partial charge in [-0.15, -0.1) is 0 Å². The first-order chi connectivity index (χ1) is 8.25. The van der Waals surface area contributed by atoms with Gasteiger partial charge in [0.25, 0.3) is 5.82 Å². The maximum Gasteiger partial charge on any atom is 0.252 e. The summed E-state index contributed by atoms with van der Waals surface area (Å²) in [7, 11) is 0. The van der Waals surface area contributed by atoms with Crippen molar-refractivity contribution in [1.29, 1.82) is 0 Å². The molecule has 1 aromatic carbocycles. The van der Waals surface area contributed by atoms with Crippen LogP contribution in [-0.4, -0.2) is 4.98 Å². The Bertz CT molecular complexity index is 536. The number of fused-ring (bicyclic) bond motifs is 1. The van der Waals surface area contributed by atoms with E-state index in [0.29, 0.717) is 6.04 Å². The number of aromatic nitrogens is 2. The standard InChI is InChI=1S/C14H19N3/c1-10-16-13-9-11(15)7-8-14(13)17(10)12-5-3-2-4-6-12/h7-9,12H,2-6,15H2,1H3/p+1. The molecular formula is C14H20N3+. The first-order valence-electron chi connectivity index (χ1n) is 6.55. The van der Waals surface area contributed by atoms with Gasteiger partial charge in [-0.25, -0.2) is 9.55 Å². The molecule has 3 nitrogen and oxygen atoms in total. The molecule has 3 rings (SSSR count). The fourth-order valence-electron chi connectivity index (χ4n) is 3.11. The molecule has 0 bridgehead atoms. The fourth-order valence-corrected chi connectivity index (χ4v) is 3.11. The highest BCUT2D eigenvalue weighted by molar-refractivity contribution is 5.75. The van der Waals surface area contributed by atoms with Gasteiger partial charge in [-0.2, -0.15) is 0 Å². The van der Waals surface area contributed by atoms with Gasteiger partial charge in [0, 0.05) is 18.7 Å². The number of anilines is 1. The van der Waals surface area contributed by atoms with Crippen molar-refractivity contribution in [3.63, 3.8) is 0 Å². The maximum absolute atomic E-state index is 5.83. The van der Waals surface area contributed by atoms with Crippen molar-refractivity contribution < 1.29 is 4.57 Å². The SMILES string of the molecule is Cc1[nH]c2cc(N)ccc2[n+]1C1CCCCC1. The van der Waals surface area contributed by atoms with E-state index in [1.807, 2.05) is 12.1 Å². The lowest BCUT2D eigenvalue weighted by atomic mass is 9.95. The zero-order chi connectivity index (χ0) is 11.8. The molecule has 1 fully saturated rings. The van der Waals surface area contributed by atoms with E-state index in [4.69, 9.17) is 5.73 Å². The summed E-state index contributed by atoms with van der Waals surface area (Å²) in [5, 5.41) is 0. The second-order valence-corrected chi connectivity index (χ2v) is 5.15. The molecule has 1 aromatic heterocycles. The van der Waals surface area contributed by atoms with Crippen molar-refractivity contribution >= 4 is 16.7 Å². The van der Waals surface area contributed by atoms with Gasteiger partial charge in [0.2, 0.25) is 0 Å². The Kier molecular flexibility index (Phi) is 2.54. The first kappa shape index (κ1) is 10.6. The largest absolute Gasteiger partial charge is 0.399 e. The molecule has 0 amide bonds. The summed E-state index contributed by atoms with van der Waals surface area (Å²) in [4.78, 5) is 3.45. The number of nitrogens with one attached hydrogen (secondary N) is 1. The van der Waals surface area contributed by atoms with Gasteiger partial charge in [0.15, 0.2) is 11.0 Å². The van der Waals surface area contributed by atoms with Crippen LogP contribution in [0.1, 0.15) is 44.0 Å². The molecule has 17 heavy (non-hydrogen) atoms. The highest BCUT2D eigenvalue weighted by Crippen LogP contribution is 2.26. The van der Waals surface area contributed by atoms with Crippen molar-refractivity contribution in [3.05, 3.63) is 24.0 Å². The van der Waals surface area contributed by atoms with Crippen LogP contribution >= 0.6 is 0 Å². The normalized spacial score (nSPS) is 17.7. The van der Waals surface area contributed by atoms with Crippen LogP contribution in [0.2, 0.25) is 0 Å². The topological polar surface area (TPSA) is 45.7 Å². The molecule has 0 unspecified atom stereocenters. The summed E-state index contributed by atoms with van der Waals surface area (Å²) in [5.41, 5.74) is 9.12. The van der Waals surface area contributed by atoms with Gasteiger partial charge in [0.05, 0.1) is 0 Å². The lowest BCUT2D eigenvalue weighted by Gasteiger charge is -2.20. The Labute approximate surface area is 102 Å². The van der Waals surface area contributed by atoms with Crippen LogP contribution in [0.4, 0.5) is 5.69 Å². The number of hydrogen-bond acceptors (Lipinski definition) is 1. The summed E-state index contributed by atoms with van der Waals surface area (Å²) < 4.78 is 2.47. The van der Waals surface area contributed by atoms with Gasteiger partial charge >= 0.3 is 0 Å². The van der Waals surface area contributed by atoms with Gasteiger partial charge < -0.3 is 5.73 Å². The molecule has 0 atom stereocenters. The van der Waals surface area contributed by atoms with E-state index in [1.54, 1.807) is 0 Å².